The lowest BCUT2D eigenvalue weighted by Crippen LogP contribution is -2.34. The second-order valence-corrected chi connectivity index (χ2v) is 3.53. The predicted molar refractivity (Wildman–Crippen MR) is 64.5 cm³/mol. The summed E-state index contributed by atoms with van der Waals surface area (Å²) in [5.74, 6) is -0.500. The van der Waals surface area contributed by atoms with E-state index in [9.17, 15) is 9.59 Å². The minimum Gasteiger partial charge on any atom is -0.397 e. The van der Waals surface area contributed by atoms with Crippen molar-refractivity contribution in [1.29, 1.82) is 0 Å². The summed E-state index contributed by atoms with van der Waals surface area (Å²) in [6, 6.07) is 1.44. The lowest BCUT2D eigenvalue weighted by atomic mass is 10.2. The van der Waals surface area contributed by atoms with E-state index in [1.807, 2.05) is 0 Å². The molecule has 0 aliphatic heterocycles. The highest BCUT2D eigenvalue weighted by atomic mass is 16.2. The summed E-state index contributed by atoms with van der Waals surface area (Å²) >= 11 is 0. The summed E-state index contributed by atoms with van der Waals surface area (Å²) < 4.78 is 0. The van der Waals surface area contributed by atoms with Gasteiger partial charge in [0.05, 0.1) is 24.0 Å². The number of pyridine rings is 1. The Balaban J connectivity index is 3.04. The minimum absolute atomic E-state index is 0.0771. The van der Waals surface area contributed by atoms with E-state index in [0.717, 1.165) is 0 Å². The molecule has 1 aromatic heterocycles. The topological polar surface area (TPSA) is 114 Å². The highest BCUT2D eigenvalue weighted by molar-refractivity contribution is 5.99. The molecule has 0 atom stereocenters. The fraction of sp³-hybridized carbons (Fsp3) is 0.300. The highest BCUT2D eigenvalue weighted by Gasteiger charge is 2.15. The summed E-state index contributed by atoms with van der Waals surface area (Å²) in [4.78, 5) is 28.0. The maximum Gasteiger partial charge on any atom is 0.252 e. The van der Waals surface area contributed by atoms with Crippen molar-refractivity contribution >= 4 is 23.3 Å². The molecule has 7 heteroatoms. The number of aromatic nitrogens is 1. The Kier molecular flexibility index (Phi) is 3.86. The van der Waals surface area contributed by atoms with Crippen molar-refractivity contribution in [2.24, 2.45) is 5.73 Å². The van der Waals surface area contributed by atoms with Gasteiger partial charge in [-0.2, -0.15) is 0 Å². The number of likely N-dealkylation sites (N-methyl/N-ethyl adjacent to an activating group) is 2. The van der Waals surface area contributed by atoms with E-state index in [2.05, 4.69) is 10.3 Å². The Morgan fingerprint density at radius 1 is 1.53 bits per heavy atom. The number of nitrogens with one attached hydrogen (secondary N) is 1. The van der Waals surface area contributed by atoms with Crippen molar-refractivity contribution in [3.05, 3.63) is 17.8 Å². The van der Waals surface area contributed by atoms with Gasteiger partial charge < -0.3 is 21.7 Å². The van der Waals surface area contributed by atoms with Crippen LogP contribution in [0.25, 0.3) is 0 Å². The van der Waals surface area contributed by atoms with Crippen LogP contribution in [0.4, 0.5) is 11.5 Å². The van der Waals surface area contributed by atoms with Crippen molar-refractivity contribution < 1.29 is 9.59 Å². The fourth-order valence-corrected chi connectivity index (χ4v) is 1.33. The summed E-state index contributed by atoms with van der Waals surface area (Å²) in [5, 5.41) is 2.48. The van der Waals surface area contributed by atoms with Gasteiger partial charge in [-0.3, -0.25) is 9.59 Å². The number of carbonyl (C=O) groups excluding carboxylic acids is 2. The van der Waals surface area contributed by atoms with Crippen molar-refractivity contribution in [1.82, 2.24) is 10.3 Å². The van der Waals surface area contributed by atoms with Crippen molar-refractivity contribution in [3.8, 4) is 0 Å². The Labute approximate surface area is 98.8 Å². The van der Waals surface area contributed by atoms with E-state index in [4.69, 9.17) is 11.5 Å². The maximum absolute atomic E-state index is 11.2. The molecule has 92 valence electrons. The number of amides is 2. The molecule has 17 heavy (non-hydrogen) atoms. The lowest BCUT2D eigenvalue weighted by Gasteiger charge is -2.19. The van der Waals surface area contributed by atoms with Crippen LogP contribution in [-0.4, -0.2) is 37.4 Å². The highest BCUT2D eigenvalue weighted by Crippen LogP contribution is 2.18. The van der Waals surface area contributed by atoms with E-state index in [1.54, 1.807) is 7.05 Å². The summed E-state index contributed by atoms with van der Waals surface area (Å²) in [7, 11) is 3.17. The Morgan fingerprint density at radius 2 is 2.18 bits per heavy atom. The Morgan fingerprint density at radius 3 is 2.71 bits per heavy atom. The minimum atomic E-state index is -0.636. The van der Waals surface area contributed by atoms with Crippen LogP contribution in [0.3, 0.4) is 0 Å². The van der Waals surface area contributed by atoms with Crippen LogP contribution in [0.15, 0.2) is 12.3 Å². The third kappa shape index (κ3) is 3.07. The molecule has 0 bridgehead atoms. The normalized spacial score (nSPS) is 9.76. The second-order valence-electron chi connectivity index (χ2n) is 3.53. The van der Waals surface area contributed by atoms with E-state index in [1.165, 1.54) is 24.2 Å². The number of anilines is 2. The van der Waals surface area contributed by atoms with Gasteiger partial charge in [-0.05, 0) is 6.07 Å². The van der Waals surface area contributed by atoms with Gasteiger partial charge in [0, 0.05) is 14.1 Å². The summed E-state index contributed by atoms with van der Waals surface area (Å²) in [5.41, 5.74) is 11.3. The predicted octanol–water partition coefficient (Wildman–Crippen LogP) is -1.06. The smallest absolute Gasteiger partial charge is 0.252 e. The van der Waals surface area contributed by atoms with E-state index < -0.39 is 5.91 Å². The zero-order valence-corrected chi connectivity index (χ0v) is 9.73. The zero-order valence-electron chi connectivity index (χ0n) is 9.73. The molecule has 7 nitrogen and oxygen atoms in total. The lowest BCUT2D eigenvalue weighted by molar-refractivity contribution is -0.119. The summed E-state index contributed by atoms with van der Waals surface area (Å²) in [6.07, 6.45) is 1.40. The van der Waals surface area contributed by atoms with Gasteiger partial charge in [0.25, 0.3) is 5.91 Å². The Bertz CT molecular complexity index is 446. The number of hydrogen-bond donors (Lipinski definition) is 3. The number of hydrogen-bond acceptors (Lipinski definition) is 5. The fourth-order valence-electron chi connectivity index (χ4n) is 1.33. The molecule has 0 spiro atoms. The molecule has 0 aromatic carbocycles. The molecule has 5 N–H and O–H groups in total. The van der Waals surface area contributed by atoms with Crippen molar-refractivity contribution in [2.45, 2.75) is 0 Å². The van der Waals surface area contributed by atoms with Crippen LogP contribution >= 0.6 is 0 Å². The maximum atomic E-state index is 11.2. The molecular formula is C10H15N5O2. The molecule has 0 unspecified atom stereocenters. The average Bonchev–Trinajstić information content (AvgIpc) is 2.28. The van der Waals surface area contributed by atoms with E-state index in [-0.39, 0.29) is 18.0 Å². The molecule has 0 aliphatic rings. The molecule has 1 heterocycles. The first kappa shape index (κ1) is 12.8. The summed E-state index contributed by atoms with van der Waals surface area (Å²) in [6.45, 7) is 0.0771. The van der Waals surface area contributed by atoms with Crippen LogP contribution < -0.4 is 21.7 Å². The average molecular weight is 237 g/mol. The van der Waals surface area contributed by atoms with Crippen LogP contribution in [0.1, 0.15) is 10.4 Å². The molecule has 0 radical (unpaired) electrons. The van der Waals surface area contributed by atoms with Crippen LogP contribution in [0.2, 0.25) is 0 Å². The number of nitrogens with two attached hydrogens (primary N) is 2. The van der Waals surface area contributed by atoms with Crippen LogP contribution in [0.5, 0.6) is 0 Å². The molecule has 2 amide bonds. The van der Waals surface area contributed by atoms with E-state index >= 15 is 0 Å². The molecule has 0 saturated carbocycles. The van der Waals surface area contributed by atoms with Gasteiger partial charge in [0.1, 0.15) is 5.82 Å². The number of primary amides is 1. The largest absolute Gasteiger partial charge is 0.397 e. The first-order chi connectivity index (χ1) is 7.95. The molecule has 0 aliphatic carbocycles. The van der Waals surface area contributed by atoms with Crippen LogP contribution in [0, 0.1) is 0 Å². The number of nitrogen functional groups attached to an aromatic ring is 1. The van der Waals surface area contributed by atoms with Gasteiger partial charge in [-0.1, -0.05) is 0 Å². The third-order valence-electron chi connectivity index (χ3n) is 2.17. The van der Waals surface area contributed by atoms with Gasteiger partial charge in [0.15, 0.2) is 0 Å². The zero-order chi connectivity index (χ0) is 13.0. The van der Waals surface area contributed by atoms with Crippen molar-refractivity contribution in [3.63, 3.8) is 0 Å². The van der Waals surface area contributed by atoms with Gasteiger partial charge in [-0.25, -0.2) is 4.98 Å². The molecule has 1 aromatic rings. The van der Waals surface area contributed by atoms with Gasteiger partial charge in [-0.15, -0.1) is 0 Å². The molecule has 0 saturated heterocycles. The first-order valence-corrected chi connectivity index (χ1v) is 4.92. The van der Waals surface area contributed by atoms with Gasteiger partial charge >= 0.3 is 0 Å². The molecule has 0 fully saturated rings. The number of carbonyl (C=O) groups is 2. The first-order valence-electron chi connectivity index (χ1n) is 4.92. The van der Waals surface area contributed by atoms with Crippen molar-refractivity contribution in [2.75, 3.05) is 31.3 Å². The third-order valence-corrected chi connectivity index (χ3v) is 2.17. The number of nitrogens with zero attached hydrogens (tertiary/aromatic N) is 2. The Hall–Kier alpha value is -2.31. The quantitative estimate of drug-likeness (QED) is 0.618. The van der Waals surface area contributed by atoms with Gasteiger partial charge in [0.2, 0.25) is 5.91 Å². The van der Waals surface area contributed by atoms with Crippen LogP contribution in [-0.2, 0) is 4.79 Å². The number of rotatable bonds is 4. The standard InChI is InChI=1S/C10H15N5O2/c1-13-8(16)5-15(2)10-7(9(12)17)3-6(11)4-14-10/h3-4H,5,11H2,1-2H3,(H2,12,17)(H,13,16). The monoisotopic (exact) mass is 237 g/mol. The molecular weight excluding hydrogens is 222 g/mol. The molecule has 1 rings (SSSR count). The second kappa shape index (κ2) is 5.15. The SMILES string of the molecule is CNC(=O)CN(C)c1ncc(N)cc1C(N)=O. The van der Waals surface area contributed by atoms with E-state index in [0.29, 0.717) is 11.5 Å².